The lowest BCUT2D eigenvalue weighted by atomic mass is 9.92. The molecule has 9 heteroatoms. The maximum absolute atomic E-state index is 12.4. The summed E-state index contributed by atoms with van der Waals surface area (Å²) >= 11 is 0. The molecule has 0 bridgehead atoms. The van der Waals surface area contributed by atoms with Crippen molar-refractivity contribution in [2.45, 2.75) is 38.8 Å². The number of aryl methyl sites for hydroxylation is 1. The number of hydrogen-bond donors (Lipinski definition) is 2. The minimum Gasteiger partial charge on any atom is -0.358 e. The summed E-state index contributed by atoms with van der Waals surface area (Å²) in [5.74, 6) is 0.314. The molecule has 1 saturated heterocycles. The van der Waals surface area contributed by atoms with E-state index in [1.807, 2.05) is 15.8 Å². The Morgan fingerprint density at radius 1 is 1.15 bits per heavy atom. The fourth-order valence-corrected chi connectivity index (χ4v) is 3.12. The van der Waals surface area contributed by atoms with Crippen LogP contribution in [0.3, 0.4) is 0 Å². The fraction of sp³-hybridized carbons (Fsp3) is 0.529. The van der Waals surface area contributed by atoms with Crippen LogP contribution in [-0.2, 0) is 17.9 Å². The fourth-order valence-electron chi connectivity index (χ4n) is 3.12. The van der Waals surface area contributed by atoms with Crippen molar-refractivity contribution >= 4 is 17.6 Å². The third kappa shape index (κ3) is 4.22. The number of piperidine rings is 1. The van der Waals surface area contributed by atoms with Gasteiger partial charge in [-0.25, -0.2) is 4.79 Å². The van der Waals surface area contributed by atoms with E-state index in [-0.39, 0.29) is 18.5 Å². The number of aromatic nitrogens is 4. The van der Waals surface area contributed by atoms with Crippen LogP contribution in [0.15, 0.2) is 24.8 Å². The number of carbonyl (C=O) groups excluding carboxylic acids is 2. The molecule has 0 aromatic carbocycles. The second-order valence-electron chi connectivity index (χ2n) is 6.42. The van der Waals surface area contributed by atoms with Gasteiger partial charge in [-0.05, 0) is 31.2 Å². The van der Waals surface area contributed by atoms with Gasteiger partial charge in [0.05, 0.1) is 18.1 Å². The zero-order chi connectivity index (χ0) is 18.5. The lowest BCUT2D eigenvalue weighted by molar-refractivity contribution is -0.121. The minimum absolute atomic E-state index is 0.128. The van der Waals surface area contributed by atoms with Gasteiger partial charge in [-0.15, -0.1) is 0 Å². The van der Waals surface area contributed by atoms with Crippen molar-refractivity contribution in [3.8, 4) is 0 Å². The normalized spacial score (nSPS) is 15.1. The molecule has 0 atom stereocenters. The van der Waals surface area contributed by atoms with Gasteiger partial charge in [-0.2, -0.15) is 10.2 Å². The number of likely N-dealkylation sites (tertiary alicyclic amines) is 1. The molecule has 3 amide bonds. The first-order valence-corrected chi connectivity index (χ1v) is 8.90. The highest BCUT2D eigenvalue weighted by atomic mass is 16.2. The van der Waals surface area contributed by atoms with Gasteiger partial charge >= 0.3 is 6.03 Å². The molecule has 0 aliphatic carbocycles. The smallest absolute Gasteiger partial charge is 0.321 e. The third-order valence-electron chi connectivity index (χ3n) is 4.70. The SMILES string of the molecule is CCn1cc(C2CCN(C(=O)Nc3cnn(CC(=O)NC)c3)CC2)cn1. The van der Waals surface area contributed by atoms with Gasteiger partial charge in [0.25, 0.3) is 0 Å². The molecule has 0 spiro atoms. The van der Waals surface area contributed by atoms with Crippen molar-refractivity contribution in [1.29, 1.82) is 0 Å². The molecule has 1 fully saturated rings. The molecule has 3 rings (SSSR count). The largest absolute Gasteiger partial charge is 0.358 e. The van der Waals surface area contributed by atoms with Gasteiger partial charge in [0.15, 0.2) is 0 Å². The summed E-state index contributed by atoms with van der Waals surface area (Å²) in [5, 5.41) is 13.8. The molecule has 0 unspecified atom stereocenters. The lowest BCUT2D eigenvalue weighted by Gasteiger charge is -2.31. The van der Waals surface area contributed by atoms with Crippen LogP contribution in [0.1, 0.15) is 31.2 Å². The van der Waals surface area contributed by atoms with E-state index in [0.29, 0.717) is 24.7 Å². The summed E-state index contributed by atoms with van der Waals surface area (Å²) in [6.45, 7) is 4.49. The highest BCUT2D eigenvalue weighted by Gasteiger charge is 2.25. The van der Waals surface area contributed by atoms with Crippen LogP contribution in [0.2, 0.25) is 0 Å². The van der Waals surface area contributed by atoms with Crippen molar-refractivity contribution in [2.75, 3.05) is 25.5 Å². The monoisotopic (exact) mass is 359 g/mol. The number of anilines is 1. The predicted octanol–water partition coefficient (Wildman–Crippen LogP) is 1.26. The van der Waals surface area contributed by atoms with Gasteiger partial charge in [0.1, 0.15) is 6.54 Å². The minimum atomic E-state index is -0.139. The van der Waals surface area contributed by atoms with Gasteiger partial charge in [-0.3, -0.25) is 14.2 Å². The molecule has 140 valence electrons. The first kappa shape index (κ1) is 18.0. The van der Waals surface area contributed by atoms with Crippen molar-refractivity contribution in [3.63, 3.8) is 0 Å². The maximum atomic E-state index is 12.4. The molecular formula is C17H25N7O2. The van der Waals surface area contributed by atoms with Gasteiger partial charge in [0.2, 0.25) is 5.91 Å². The predicted molar refractivity (Wildman–Crippen MR) is 96.8 cm³/mol. The van der Waals surface area contributed by atoms with E-state index in [9.17, 15) is 9.59 Å². The van der Waals surface area contributed by atoms with Crippen molar-refractivity contribution in [3.05, 3.63) is 30.4 Å². The summed E-state index contributed by atoms with van der Waals surface area (Å²) < 4.78 is 3.43. The zero-order valence-electron chi connectivity index (χ0n) is 15.2. The summed E-state index contributed by atoms with van der Waals surface area (Å²) in [4.78, 5) is 25.6. The van der Waals surface area contributed by atoms with Crippen LogP contribution in [0.4, 0.5) is 10.5 Å². The Morgan fingerprint density at radius 2 is 1.88 bits per heavy atom. The molecule has 0 saturated carbocycles. The van der Waals surface area contributed by atoms with Crippen LogP contribution in [0.25, 0.3) is 0 Å². The Morgan fingerprint density at radius 3 is 2.54 bits per heavy atom. The van der Waals surface area contributed by atoms with Crippen molar-refractivity contribution < 1.29 is 9.59 Å². The zero-order valence-corrected chi connectivity index (χ0v) is 15.2. The van der Waals surface area contributed by atoms with Gasteiger partial charge in [-0.1, -0.05) is 0 Å². The quantitative estimate of drug-likeness (QED) is 0.840. The Balaban J connectivity index is 1.50. The van der Waals surface area contributed by atoms with Gasteiger partial charge in [0, 0.05) is 39.1 Å². The Kier molecular flexibility index (Phi) is 5.55. The molecule has 1 aliphatic rings. The Bertz CT molecular complexity index is 759. The van der Waals surface area contributed by atoms with E-state index < -0.39 is 0 Å². The van der Waals surface area contributed by atoms with E-state index in [0.717, 1.165) is 19.4 Å². The number of amides is 3. The van der Waals surface area contributed by atoms with E-state index in [1.165, 1.54) is 10.2 Å². The molecule has 1 aliphatic heterocycles. The number of nitrogens with zero attached hydrogens (tertiary/aromatic N) is 5. The molecule has 26 heavy (non-hydrogen) atoms. The van der Waals surface area contributed by atoms with Gasteiger partial charge < -0.3 is 15.5 Å². The van der Waals surface area contributed by atoms with E-state index >= 15 is 0 Å². The molecule has 2 aromatic heterocycles. The van der Waals surface area contributed by atoms with Crippen molar-refractivity contribution in [1.82, 2.24) is 29.8 Å². The first-order chi connectivity index (χ1) is 12.6. The first-order valence-electron chi connectivity index (χ1n) is 8.90. The van der Waals surface area contributed by atoms with E-state index in [1.54, 1.807) is 19.4 Å². The molecule has 2 aromatic rings. The standard InChI is InChI=1S/C17H25N7O2/c1-3-23-10-14(8-19-23)13-4-6-22(7-5-13)17(26)21-15-9-20-24(11-15)12-16(25)18-2/h8-11,13H,3-7,12H2,1-2H3,(H,18,25)(H,21,26). The average Bonchev–Trinajstić information content (AvgIpc) is 3.31. The Hall–Kier alpha value is -2.84. The molecule has 0 radical (unpaired) electrons. The van der Waals surface area contributed by atoms with Crippen LogP contribution >= 0.6 is 0 Å². The second-order valence-corrected chi connectivity index (χ2v) is 6.42. The number of hydrogen-bond acceptors (Lipinski definition) is 4. The highest BCUT2D eigenvalue weighted by molar-refractivity contribution is 5.89. The third-order valence-corrected chi connectivity index (χ3v) is 4.70. The number of urea groups is 1. The summed E-state index contributed by atoms with van der Waals surface area (Å²) in [5.41, 5.74) is 1.84. The number of carbonyl (C=O) groups is 2. The summed E-state index contributed by atoms with van der Waals surface area (Å²) in [6.07, 6.45) is 9.09. The topological polar surface area (TPSA) is 97.1 Å². The second kappa shape index (κ2) is 8.03. The summed E-state index contributed by atoms with van der Waals surface area (Å²) in [6, 6.07) is -0.132. The molecule has 9 nitrogen and oxygen atoms in total. The van der Waals surface area contributed by atoms with E-state index in [4.69, 9.17) is 0 Å². The Labute approximate surface area is 152 Å². The van der Waals surface area contributed by atoms with Crippen LogP contribution in [0, 0.1) is 0 Å². The highest BCUT2D eigenvalue weighted by Crippen LogP contribution is 2.27. The number of rotatable bonds is 5. The number of nitrogens with one attached hydrogen (secondary N) is 2. The van der Waals surface area contributed by atoms with Crippen LogP contribution in [0.5, 0.6) is 0 Å². The molecule has 3 heterocycles. The van der Waals surface area contributed by atoms with Crippen molar-refractivity contribution in [2.24, 2.45) is 0 Å². The van der Waals surface area contributed by atoms with Crippen LogP contribution < -0.4 is 10.6 Å². The van der Waals surface area contributed by atoms with E-state index in [2.05, 4.69) is 34.0 Å². The molecule has 2 N–H and O–H groups in total. The number of likely N-dealkylation sites (N-methyl/N-ethyl adjacent to an activating group) is 1. The van der Waals surface area contributed by atoms with Crippen LogP contribution in [-0.4, -0.2) is 56.5 Å². The lowest BCUT2D eigenvalue weighted by Crippen LogP contribution is -2.40. The summed E-state index contributed by atoms with van der Waals surface area (Å²) in [7, 11) is 1.57. The molecular weight excluding hydrogens is 334 g/mol. The average molecular weight is 359 g/mol. The maximum Gasteiger partial charge on any atom is 0.321 e.